The molecule has 1 N–H and O–H groups in total. The molecule has 0 bridgehead atoms. The van der Waals surface area contributed by atoms with Crippen LogP contribution in [0.3, 0.4) is 0 Å². The van der Waals surface area contributed by atoms with E-state index in [0.29, 0.717) is 23.5 Å². The van der Waals surface area contributed by atoms with Crippen molar-refractivity contribution in [2.24, 2.45) is 0 Å². The quantitative estimate of drug-likeness (QED) is 0.840. The van der Waals surface area contributed by atoms with Crippen LogP contribution in [0.25, 0.3) is 11.1 Å². The van der Waals surface area contributed by atoms with Crippen LogP contribution < -0.4 is 10.5 Å². The van der Waals surface area contributed by atoms with Crippen molar-refractivity contribution < 1.29 is 9.15 Å². The topological polar surface area (TPSA) is 58.5 Å². The van der Waals surface area contributed by atoms with Gasteiger partial charge in [-0.1, -0.05) is 6.07 Å². The van der Waals surface area contributed by atoms with Gasteiger partial charge in [0, 0.05) is 6.54 Å². The smallest absolute Gasteiger partial charge is 0.417 e. The Balaban J connectivity index is 2.20. The van der Waals surface area contributed by atoms with Crippen molar-refractivity contribution in [2.75, 3.05) is 27.2 Å². The fourth-order valence-electron chi connectivity index (χ4n) is 1.40. The first-order chi connectivity index (χ1) is 7.66. The number of nitrogens with one attached hydrogen (secondary N) is 1. The van der Waals surface area contributed by atoms with E-state index in [2.05, 4.69) is 4.98 Å². The minimum absolute atomic E-state index is 0.460. The summed E-state index contributed by atoms with van der Waals surface area (Å²) >= 11 is 0. The number of para-hydroxylation sites is 1. The number of aromatic nitrogens is 1. The molecule has 5 heteroatoms. The van der Waals surface area contributed by atoms with Crippen LogP contribution in [0.1, 0.15) is 0 Å². The molecular weight excluding hydrogens is 208 g/mol. The number of aromatic amines is 1. The fraction of sp³-hybridized carbons (Fsp3) is 0.364. The molecule has 1 aromatic carbocycles. The molecule has 16 heavy (non-hydrogen) atoms. The van der Waals surface area contributed by atoms with E-state index in [0.717, 1.165) is 6.54 Å². The van der Waals surface area contributed by atoms with Gasteiger partial charge in [-0.25, -0.2) is 4.79 Å². The van der Waals surface area contributed by atoms with Crippen molar-refractivity contribution in [3.63, 3.8) is 0 Å². The Morgan fingerprint density at radius 1 is 1.44 bits per heavy atom. The van der Waals surface area contributed by atoms with E-state index < -0.39 is 5.76 Å². The van der Waals surface area contributed by atoms with Gasteiger partial charge in [-0.05, 0) is 26.2 Å². The van der Waals surface area contributed by atoms with E-state index in [9.17, 15) is 4.79 Å². The van der Waals surface area contributed by atoms with Crippen molar-refractivity contribution >= 4 is 11.1 Å². The molecule has 0 fully saturated rings. The van der Waals surface area contributed by atoms with Crippen LogP contribution in [0.4, 0.5) is 0 Å². The number of rotatable bonds is 4. The lowest BCUT2D eigenvalue weighted by molar-refractivity contribution is 0.261. The molecule has 5 nitrogen and oxygen atoms in total. The summed E-state index contributed by atoms with van der Waals surface area (Å²) in [5.41, 5.74) is 1.14. The third-order valence-corrected chi connectivity index (χ3v) is 2.21. The highest BCUT2D eigenvalue weighted by Crippen LogP contribution is 2.22. The number of H-pyrrole nitrogens is 1. The second kappa shape index (κ2) is 4.40. The van der Waals surface area contributed by atoms with Gasteiger partial charge in [-0.2, -0.15) is 0 Å². The molecule has 0 aliphatic rings. The highest BCUT2D eigenvalue weighted by Gasteiger charge is 2.07. The number of oxazole rings is 1. The van der Waals surface area contributed by atoms with Crippen LogP contribution in [0.2, 0.25) is 0 Å². The molecule has 0 atom stereocenters. The first-order valence-corrected chi connectivity index (χ1v) is 5.06. The maximum absolute atomic E-state index is 11.0. The van der Waals surface area contributed by atoms with E-state index in [-0.39, 0.29) is 0 Å². The van der Waals surface area contributed by atoms with E-state index in [4.69, 9.17) is 9.15 Å². The van der Waals surface area contributed by atoms with Crippen LogP contribution in [0.15, 0.2) is 27.4 Å². The minimum Gasteiger partial charge on any atom is -0.488 e. The van der Waals surface area contributed by atoms with Gasteiger partial charge in [0.2, 0.25) is 0 Å². The van der Waals surface area contributed by atoms with Gasteiger partial charge in [0.25, 0.3) is 0 Å². The predicted octanol–water partition coefficient (Wildman–Crippen LogP) is 1.06. The summed E-state index contributed by atoms with van der Waals surface area (Å²) in [4.78, 5) is 15.6. The zero-order chi connectivity index (χ0) is 11.5. The van der Waals surface area contributed by atoms with Gasteiger partial charge in [-0.3, -0.25) is 4.98 Å². The number of hydrogen-bond acceptors (Lipinski definition) is 4. The molecule has 0 aliphatic carbocycles. The van der Waals surface area contributed by atoms with Crippen molar-refractivity contribution in [1.29, 1.82) is 0 Å². The summed E-state index contributed by atoms with van der Waals surface area (Å²) in [5, 5.41) is 0. The Kier molecular flexibility index (Phi) is 2.96. The minimum atomic E-state index is -0.460. The molecule has 0 unspecified atom stereocenters. The standard InChI is InChI=1S/C11H14N2O3/c1-13(2)6-7-15-9-5-3-4-8-10(9)16-11(14)12-8/h3-5H,6-7H2,1-2H3,(H,12,14). The number of benzene rings is 1. The largest absolute Gasteiger partial charge is 0.488 e. The van der Waals surface area contributed by atoms with Gasteiger partial charge in [0.1, 0.15) is 6.61 Å². The van der Waals surface area contributed by atoms with Crippen molar-refractivity contribution in [2.45, 2.75) is 0 Å². The first-order valence-electron chi connectivity index (χ1n) is 5.06. The molecular formula is C11H14N2O3. The van der Waals surface area contributed by atoms with Crippen LogP contribution in [0.5, 0.6) is 5.75 Å². The molecule has 1 heterocycles. The third-order valence-electron chi connectivity index (χ3n) is 2.21. The highest BCUT2D eigenvalue weighted by atomic mass is 16.5. The van der Waals surface area contributed by atoms with Gasteiger partial charge in [-0.15, -0.1) is 0 Å². The summed E-state index contributed by atoms with van der Waals surface area (Å²) in [6.07, 6.45) is 0. The monoisotopic (exact) mass is 222 g/mol. The lowest BCUT2D eigenvalue weighted by Crippen LogP contribution is -2.19. The number of nitrogens with zero attached hydrogens (tertiary/aromatic N) is 1. The molecule has 0 saturated carbocycles. The Morgan fingerprint density at radius 2 is 2.25 bits per heavy atom. The molecule has 0 spiro atoms. The zero-order valence-corrected chi connectivity index (χ0v) is 9.32. The second-order valence-electron chi connectivity index (χ2n) is 3.80. The normalized spacial score (nSPS) is 11.2. The molecule has 0 saturated heterocycles. The first kappa shape index (κ1) is 10.8. The average molecular weight is 222 g/mol. The summed E-state index contributed by atoms with van der Waals surface area (Å²) in [5.74, 6) is 0.136. The van der Waals surface area contributed by atoms with E-state index >= 15 is 0 Å². The summed E-state index contributed by atoms with van der Waals surface area (Å²) in [6.45, 7) is 1.37. The summed E-state index contributed by atoms with van der Waals surface area (Å²) in [7, 11) is 3.95. The number of ether oxygens (including phenoxy) is 1. The fourth-order valence-corrected chi connectivity index (χ4v) is 1.40. The Bertz CT molecular complexity index is 527. The molecule has 0 radical (unpaired) electrons. The van der Waals surface area contributed by atoms with Gasteiger partial charge >= 0.3 is 5.76 Å². The summed E-state index contributed by atoms with van der Waals surface area (Å²) < 4.78 is 10.6. The Labute approximate surface area is 92.6 Å². The molecule has 86 valence electrons. The predicted molar refractivity (Wildman–Crippen MR) is 60.9 cm³/mol. The van der Waals surface area contributed by atoms with E-state index in [1.807, 2.05) is 25.1 Å². The van der Waals surface area contributed by atoms with Gasteiger partial charge in [0.15, 0.2) is 11.3 Å². The van der Waals surface area contributed by atoms with E-state index in [1.54, 1.807) is 12.1 Å². The molecule has 0 aliphatic heterocycles. The summed E-state index contributed by atoms with van der Waals surface area (Å²) in [6, 6.07) is 5.38. The van der Waals surface area contributed by atoms with Gasteiger partial charge < -0.3 is 14.1 Å². The van der Waals surface area contributed by atoms with Crippen LogP contribution >= 0.6 is 0 Å². The van der Waals surface area contributed by atoms with Crippen LogP contribution in [0, 0.1) is 0 Å². The molecule has 1 aromatic heterocycles. The Morgan fingerprint density at radius 3 is 3.00 bits per heavy atom. The maximum atomic E-state index is 11.0. The lowest BCUT2D eigenvalue weighted by atomic mass is 10.3. The lowest BCUT2D eigenvalue weighted by Gasteiger charge is -2.10. The number of likely N-dealkylation sites (N-methyl/N-ethyl adjacent to an activating group) is 1. The molecule has 2 aromatic rings. The molecule has 0 amide bonds. The molecule has 2 rings (SSSR count). The van der Waals surface area contributed by atoms with Crippen LogP contribution in [-0.2, 0) is 0 Å². The number of hydrogen-bond donors (Lipinski definition) is 1. The maximum Gasteiger partial charge on any atom is 0.417 e. The average Bonchev–Trinajstić information content (AvgIpc) is 2.58. The van der Waals surface area contributed by atoms with Crippen molar-refractivity contribution in [1.82, 2.24) is 9.88 Å². The third kappa shape index (κ3) is 2.25. The number of fused-ring (bicyclic) bond motifs is 1. The van der Waals surface area contributed by atoms with Gasteiger partial charge in [0.05, 0.1) is 5.52 Å². The zero-order valence-electron chi connectivity index (χ0n) is 9.32. The van der Waals surface area contributed by atoms with Crippen LogP contribution in [-0.4, -0.2) is 37.1 Å². The van der Waals surface area contributed by atoms with Crippen molar-refractivity contribution in [3.05, 3.63) is 28.7 Å². The highest BCUT2D eigenvalue weighted by molar-refractivity contribution is 5.78. The van der Waals surface area contributed by atoms with E-state index in [1.165, 1.54) is 0 Å². The SMILES string of the molecule is CN(C)CCOc1cccc2[nH]c(=O)oc12. The van der Waals surface area contributed by atoms with Crippen molar-refractivity contribution in [3.8, 4) is 5.75 Å². The Hall–Kier alpha value is -1.75. The second-order valence-corrected chi connectivity index (χ2v) is 3.80.